The Hall–Kier alpha value is 0.01000. The minimum absolute atomic E-state index is 0.722. The maximum atomic E-state index is 4.12. The summed E-state index contributed by atoms with van der Waals surface area (Å²) in [7, 11) is 3.29. The molecule has 3 heteroatoms. The third-order valence-corrected chi connectivity index (χ3v) is 4.52. The molecule has 0 aromatic heterocycles. The van der Waals surface area contributed by atoms with E-state index in [2.05, 4.69) is 55.1 Å². The van der Waals surface area contributed by atoms with E-state index < -0.39 is 9.39 Å². The standard InChI is InChI=1S/C12H28N2S/c1-8-13(3)10-9-12(2)11-14(4)15(5,6)7/h12H,5-6,8-11H2,1-4,7H3. The first-order chi connectivity index (χ1) is 6.77. The van der Waals surface area contributed by atoms with Crippen LogP contribution in [0.15, 0.2) is 0 Å². The molecule has 0 aliphatic rings. The Morgan fingerprint density at radius 2 is 1.80 bits per heavy atom. The van der Waals surface area contributed by atoms with Crippen molar-refractivity contribution in [1.29, 1.82) is 0 Å². The summed E-state index contributed by atoms with van der Waals surface area (Å²) in [6.07, 6.45) is 3.39. The van der Waals surface area contributed by atoms with E-state index >= 15 is 0 Å². The normalized spacial score (nSPS) is 14.9. The van der Waals surface area contributed by atoms with E-state index in [1.54, 1.807) is 0 Å². The van der Waals surface area contributed by atoms with Gasteiger partial charge in [0.15, 0.2) is 0 Å². The van der Waals surface area contributed by atoms with Gasteiger partial charge in [-0.2, -0.15) is 9.39 Å². The predicted octanol–water partition coefficient (Wildman–Crippen LogP) is 2.11. The zero-order valence-corrected chi connectivity index (χ0v) is 11.9. The first-order valence-electron chi connectivity index (χ1n) is 5.61. The van der Waals surface area contributed by atoms with Crippen molar-refractivity contribution in [3.8, 4) is 0 Å². The largest absolute Gasteiger partial charge is 0.307 e. The van der Waals surface area contributed by atoms with Crippen LogP contribution in [0.1, 0.15) is 20.3 Å². The Morgan fingerprint density at radius 3 is 2.20 bits per heavy atom. The molecule has 0 amide bonds. The molecule has 0 fully saturated rings. The molecular formula is C12H28N2S. The Balaban J connectivity index is 3.89. The summed E-state index contributed by atoms with van der Waals surface area (Å²) < 4.78 is 2.31. The molecule has 0 rings (SSSR count). The zero-order chi connectivity index (χ0) is 12.1. The van der Waals surface area contributed by atoms with Crippen molar-refractivity contribution in [1.82, 2.24) is 9.21 Å². The summed E-state index contributed by atoms with van der Waals surface area (Å²) in [5.41, 5.74) is 0. The van der Waals surface area contributed by atoms with Gasteiger partial charge in [-0.25, -0.2) is 0 Å². The molecule has 0 saturated carbocycles. The van der Waals surface area contributed by atoms with Crippen LogP contribution in [0, 0.1) is 5.92 Å². The molecule has 1 atom stereocenters. The zero-order valence-electron chi connectivity index (χ0n) is 11.1. The van der Waals surface area contributed by atoms with E-state index in [0.29, 0.717) is 0 Å². The van der Waals surface area contributed by atoms with Crippen LogP contribution >= 0.6 is 9.39 Å². The molecular weight excluding hydrogens is 204 g/mol. The topological polar surface area (TPSA) is 6.48 Å². The van der Waals surface area contributed by atoms with Crippen LogP contribution < -0.4 is 0 Å². The van der Waals surface area contributed by atoms with Gasteiger partial charge in [0.25, 0.3) is 0 Å². The molecule has 92 valence electrons. The van der Waals surface area contributed by atoms with Gasteiger partial charge in [-0.1, -0.05) is 25.6 Å². The molecule has 0 heterocycles. The summed E-state index contributed by atoms with van der Waals surface area (Å²) in [5, 5.41) is 0. The second-order valence-corrected chi connectivity index (χ2v) is 7.89. The lowest BCUT2D eigenvalue weighted by Gasteiger charge is -2.27. The predicted molar refractivity (Wildman–Crippen MR) is 77.3 cm³/mol. The Morgan fingerprint density at radius 1 is 1.27 bits per heavy atom. The van der Waals surface area contributed by atoms with Crippen LogP contribution in [-0.4, -0.2) is 60.9 Å². The fraction of sp³-hybridized carbons (Fsp3) is 0.833. The fourth-order valence-electron chi connectivity index (χ4n) is 1.31. The lowest BCUT2D eigenvalue weighted by Crippen LogP contribution is -2.25. The summed E-state index contributed by atoms with van der Waals surface area (Å²) in [6, 6.07) is 0. The van der Waals surface area contributed by atoms with Crippen LogP contribution in [0.4, 0.5) is 0 Å². The monoisotopic (exact) mass is 232 g/mol. The highest BCUT2D eigenvalue weighted by Gasteiger charge is 2.08. The molecule has 0 radical (unpaired) electrons. The van der Waals surface area contributed by atoms with Crippen LogP contribution in [0.2, 0.25) is 0 Å². The molecule has 0 aliphatic heterocycles. The van der Waals surface area contributed by atoms with Gasteiger partial charge in [0.2, 0.25) is 0 Å². The lowest BCUT2D eigenvalue weighted by atomic mass is 10.1. The van der Waals surface area contributed by atoms with Crippen molar-refractivity contribution in [3.05, 3.63) is 0 Å². The third kappa shape index (κ3) is 6.98. The molecule has 0 saturated heterocycles. The molecule has 0 bridgehead atoms. The second-order valence-electron chi connectivity index (χ2n) is 4.82. The number of hydrogen-bond acceptors (Lipinski definition) is 2. The molecule has 0 spiro atoms. The van der Waals surface area contributed by atoms with Crippen molar-refractivity contribution in [2.45, 2.75) is 20.3 Å². The van der Waals surface area contributed by atoms with E-state index in [4.69, 9.17) is 0 Å². The fourth-order valence-corrected chi connectivity index (χ4v) is 1.92. The van der Waals surface area contributed by atoms with E-state index in [1.807, 2.05) is 0 Å². The highest BCUT2D eigenvalue weighted by atomic mass is 32.2. The molecule has 1 unspecified atom stereocenters. The Bertz CT molecular complexity index is 257. The Kier molecular flexibility index (Phi) is 6.57. The van der Waals surface area contributed by atoms with Crippen molar-refractivity contribution in [3.63, 3.8) is 0 Å². The maximum absolute atomic E-state index is 4.12. The molecule has 0 aromatic rings. The van der Waals surface area contributed by atoms with Gasteiger partial charge in [0.05, 0.1) is 0 Å². The van der Waals surface area contributed by atoms with E-state index in [-0.39, 0.29) is 0 Å². The maximum Gasteiger partial charge on any atom is 0.0103 e. The van der Waals surface area contributed by atoms with E-state index in [0.717, 1.165) is 19.0 Å². The molecule has 0 N–H and O–H groups in total. The first kappa shape index (κ1) is 15.0. The van der Waals surface area contributed by atoms with E-state index in [1.165, 1.54) is 13.0 Å². The highest BCUT2D eigenvalue weighted by molar-refractivity contribution is 8.25. The average molecular weight is 232 g/mol. The smallest absolute Gasteiger partial charge is 0.0103 e. The summed E-state index contributed by atoms with van der Waals surface area (Å²) in [5.74, 6) is 8.97. The SMILES string of the molecule is C=S(=C)(C)N(C)CC(C)CCN(C)CC. The van der Waals surface area contributed by atoms with Gasteiger partial charge in [-0.15, -0.1) is 0 Å². The summed E-state index contributed by atoms with van der Waals surface area (Å²) in [6.45, 7) is 7.94. The number of nitrogens with zero attached hydrogens (tertiary/aromatic N) is 2. The minimum Gasteiger partial charge on any atom is -0.307 e. The van der Waals surface area contributed by atoms with Gasteiger partial charge in [0, 0.05) is 6.54 Å². The summed E-state index contributed by atoms with van der Waals surface area (Å²) >= 11 is 0. The average Bonchev–Trinajstić information content (AvgIpc) is 2.12. The van der Waals surface area contributed by atoms with E-state index in [9.17, 15) is 0 Å². The number of rotatable bonds is 7. The van der Waals surface area contributed by atoms with Gasteiger partial charge < -0.3 is 4.90 Å². The third-order valence-electron chi connectivity index (χ3n) is 2.86. The van der Waals surface area contributed by atoms with Crippen LogP contribution in [0.5, 0.6) is 0 Å². The molecule has 2 nitrogen and oxygen atoms in total. The van der Waals surface area contributed by atoms with Crippen LogP contribution in [-0.2, 0) is 0 Å². The van der Waals surface area contributed by atoms with Crippen molar-refractivity contribution >= 4 is 21.1 Å². The van der Waals surface area contributed by atoms with Crippen LogP contribution in [0.25, 0.3) is 0 Å². The second kappa shape index (κ2) is 6.56. The molecule has 0 aromatic carbocycles. The van der Waals surface area contributed by atoms with Gasteiger partial charge in [-0.3, -0.25) is 4.31 Å². The quantitative estimate of drug-likeness (QED) is 0.620. The molecule has 0 aliphatic carbocycles. The minimum atomic E-state index is -1.02. The Labute approximate surface area is 96.9 Å². The first-order valence-corrected chi connectivity index (χ1v) is 7.95. The van der Waals surface area contributed by atoms with Gasteiger partial charge in [-0.05, 0) is 45.8 Å². The van der Waals surface area contributed by atoms with Crippen molar-refractivity contribution in [2.75, 3.05) is 40.0 Å². The van der Waals surface area contributed by atoms with Gasteiger partial charge in [0.1, 0.15) is 0 Å². The van der Waals surface area contributed by atoms with Gasteiger partial charge >= 0.3 is 0 Å². The van der Waals surface area contributed by atoms with Crippen molar-refractivity contribution in [2.24, 2.45) is 5.92 Å². The van der Waals surface area contributed by atoms with Crippen molar-refractivity contribution < 1.29 is 0 Å². The summed E-state index contributed by atoms with van der Waals surface area (Å²) in [4.78, 5) is 2.36. The van der Waals surface area contributed by atoms with Crippen LogP contribution in [0.3, 0.4) is 0 Å². The number of hydrogen-bond donors (Lipinski definition) is 0. The lowest BCUT2D eigenvalue weighted by molar-refractivity contribution is 0.304. The highest BCUT2D eigenvalue weighted by Crippen LogP contribution is 2.20. The molecule has 15 heavy (non-hydrogen) atoms.